The maximum atomic E-state index is 12.1. The van der Waals surface area contributed by atoms with Gasteiger partial charge >= 0.3 is 6.01 Å². The minimum atomic E-state index is -0.283. The molecule has 0 aliphatic rings. The maximum Gasteiger partial charge on any atom is 0.302 e. The van der Waals surface area contributed by atoms with Crippen molar-refractivity contribution in [2.75, 3.05) is 19.0 Å². The van der Waals surface area contributed by atoms with Gasteiger partial charge in [0.15, 0.2) is 0 Å². The summed E-state index contributed by atoms with van der Waals surface area (Å²) in [4.78, 5) is 36.7. The third-order valence-corrected chi connectivity index (χ3v) is 4.67. The summed E-state index contributed by atoms with van der Waals surface area (Å²) in [6.07, 6.45) is 3.06. The normalized spacial score (nSPS) is 10.6. The second-order valence-electron chi connectivity index (χ2n) is 6.54. The highest BCUT2D eigenvalue weighted by atomic mass is 16.5. The molecule has 0 atom stereocenters. The molecule has 4 aromatic rings. The van der Waals surface area contributed by atoms with Crippen LogP contribution >= 0.6 is 0 Å². The Bertz CT molecular complexity index is 1250. The Kier molecular flexibility index (Phi) is 5.13. The molecule has 150 valence electrons. The van der Waals surface area contributed by atoms with Gasteiger partial charge < -0.3 is 15.0 Å². The number of fused-ring (bicyclic) bond motifs is 1. The quantitative estimate of drug-likeness (QED) is 0.533. The smallest absolute Gasteiger partial charge is 0.302 e. The summed E-state index contributed by atoms with van der Waals surface area (Å²) >= 11 is 0. The molecular formula is C22H19N5O3. The molecule has 0 aliphatic heterocycles. The average molecular weight is 401 g/mol. The summed E-state index contributed by atoms with van der Waals surface area (Å²) in [6, 6.07) is 16.4. The Morgan fingerprint density at radius 2 is 1.70 bits per heavy atom. The van der Waals surface area contributed by atoms with Gasteiger partial charge in [-0.3, -0.25) is 19.6 Å². The van der Waals surface area contributed by atoms with Crippen molar-refractivity contribution in [2.45, 2.75) is 0 Å². The van der Waals surface area contributed by atoms with E-state index in [1.807, 2.05) is 36.2 Å². The molecule has 0 fully saturated rings. The van der Waals surface area contributed by atoms with E-state index in [1.54, 1.807) is 43.6 Å². The fourth-order valence-corrected chi connectivity index (χ4v) is 3.00. The molecule has 4 rings (SSSR count). The number of amides is 1. The zero-order valence-electron chi connectivity index (χ0n) is 16.4. The summed E-state index contributed by atoms with van der Waals surface area (Å²) < 4.78 is 5.70. The van der Waals surface area contributed by atoms with Crippen LogP contribution in [-0.4, -0.2) is 35.0 Å². The van der Waals surface area contributed by atoms with Crippen molar-refractivity contribution in [3.05, 3.63) is 82.9 Å². The molecule has 2 heterocycles. The first kappa shape index (κ1) is 19.1. The molecule has 1 amide bonds. The molecule has 2 N–H and O–H groups in total. The van der Waals surface area contributed by atoms with E-state index in [0.717, 1.165) is 11.4 Å². The SMILES string of the molecule is CNC(=O)c1ccc(N(C)c2ccc(Oc3nc4cnccc4c(=O)[nH]3)cc2)cc1. The van der Waals surface area contributed by atoms with Gasteiger partial charge in [-0.25, -0.2) is 0 Å². The first-order valence-corrected chi connectivity index (χ1v) is 9.23. The molecular weight excluding hydrogens is 382 g/mol. The van der Waals surface area contributed by atoms with Crippen LogP contribution < -0.4 is 20.5 Å². The van der Waals surface area contributed by atoms with Crippen LogP contribution in [0, 0.1) is 0 Å². The second kappa shape index (κ2) is 8.04. The zero-order valence-corrected chi connectivity index (χ0v) is 16.4. The van der Waals surface area contributed by atoms with Gasteiger partial charge in [0, 0.05) is 37.2 Å². The van der Waals surface area contributed by atoms with Crippen molar-refractivity contribution in [1.29, 1.82) is 0 Å². The summed E-state index contributed by atoms with van der Waals surface area (Å²) in [6.45, 7) is 0. The Morgan fingerprint density at radius 3 is 2.37 bits per heavy atom. The van der Waals surface area contributed by atoms with E-state index in [1.165, 1.54) is 6.20 Å². The molecule has 0 unspecified atom stereocenters. The number of carbonyl (C=O) groups is 1. The van der Waals surface area contributed by atoms with Crippen molar-refractivity contribution < 1.29 is 9.53 Å². The number of hydrogen-bond acceptors (Lipinski definition) is 6. The minimum absolute atomic E-state index is 0.103. The highest BCUT2D eigenvalue weighted by Gasteiger charge is 2.09. The number of hydrogen-bond donors (Lipinski definition) is 2. The predicted molar refractivity (Wildman–Crippen MR) is 115 cm³/mol. The van der Waals surface area contributed by atoms with Crippen LogP contribution in [0.15, 0.2) is 71.8 Å². The standard InChI is InChI=1S/C22H19N5O3/c1-23-20(28)14-3-5-15(6-4-14)27(2)16-7-9-17(10-8-16)30-22-25-19-13-24-12-11-18(19)21(29)26-22/h3-13H,1-2H3,(H,23,28)(H,25,26,29). The molecule has 0 spiro atoms. The summed E-state index contributed by atoms with van der Waals surface area (Å²) in [5.74, 6) is 0.412. The third kappa shape index (κ3) is 3.83. The van der Waals surface area contributed by atoms with Crippen LogP contribution in [0.1, 0.15) is 10.4 Å². The molecule has 0 aliphatic carbocycles. The van der Waals surface area contributed by atoms with Crippen LogP contribution in [0.2, 0.25) is 0 Å². The van der Waals surface area contributed by atoms with E-state index in [2.05, 4.69) is 20.3 Å². The lowest BCUT2D eigenvalue weighted by Gasteiger charge is -2.20. The summed E-state index contributed by atoms with van der Waals surface area (Å²) in [5.41, 5.74) is 2.65. The lowest BCUT2D eigenvalue weighted by molar-refractivity contribution is 0.0963. The number of anilines is 2. The molecule has 8 nitrogen and oxygen atoms in total. The number of carbonyl (C=O) groups excluding carboxylic acids is 1. The number of aromatic amines is 1. The molecule has 0 bridgehead atoms. The van der Waals surface area contributed by atoms with E-state index < -0.39 is 0 Å². The first-order chi connectivity index (χ1) is 14.5. The largest absolute Gasteiger partial charge is 0.426 e. The van der Waals surface area contributed by atoms with Gasteiger partial charge in [-0.2, -0.15) is 4.98 Å². The van der Waals surface area contributed by atoms with E-state index in [4.69, 9.17) is 4.74 Å². The Hall–Kier alpha value is -4.20. The van der Waals surface area contributed by atoms with Gasteiger partial charge in [-0.15, -0.1) is 0 Å². The van der Waals surface area contributed by atoms with Gasteiger partial charge in [-0.1, -0.05) is 0 Å². The Morgan fingerprint density at radius 1 is 1.03 bits per heavy atom. The number of nitrogens with one attached hydrogen (secondary N) is 2. The van der Waals surface area contributed by atoms with E-state index >= 15 is 0 Å². The molecule has 8 heteroatoms. The highest BCUT2D eigenvalue weighted by Crippen LogP contribution is 2.27. The van der Waals surface area contributed by atoms with Crippen LogP contribution in [0.5, 0.6) is 11.8 Å². The van der Waals surface area contributed by atoms with Crippen molar-refractivity contribution >= 4 is 28.2 Å². The van der Waals surface area contributed by atoms with Gasteiger partial charge in [0.1, 0.15) is 5.75 Å². The average Bonchev–Trinajstić information content (AvgIpc) is 2.79. The van der Waals surface area contributed by atoms with Crippen molar-refractivity contribution in [1.82, 2.24) is 20.3 Å². The number of rotatable bonds is 5. The van der Waals surface area contributed by atoms with Crippen LogP contribution in [0.4, 0.5) is 11.4 Å². The molecule has 0 radical (unpaired) electrons. The molecule has 0 saturated heterocycles. The van der Waals surface area contributed by atoms with Crippen molar-refractivity contribution in [2.24, 2.45) is 0 Å². The van der Waals surface area contributed by atoms with Crippen molar-refractivity contribution in [3.63, 3.8) is 0 Å². The minimum Gasteiger partial charge on any atom is -0.426 e. The molecule has 2 aromatic carbocycles. The fraction of sp³-hybridized carbons (Fsp3) is 0.0909. The van der Waals surface area contributed by atoms with E-state index in [0.29, 0.717) is 22.2 Å². The van der Waals surface area contributed by atoms with Crippen LogP contribution in [-0.2, 0) is 0 Å². The first-order valence-electron chi connectivity index (χ1n) is 9.23. The van der Waals surface area contributed by atoms with Gasteiger partial charge in [0.2, 0.25) is 0 Å². The zero-order chi connectivity index (χ0) is 21.1. The van der Waals surface area contributed by atoms with E-state index in [-0.39, 0.29) is 17.5 Å². The maximum absolute atomic E-state index is 12.1. The van der Waals surface area contributed by atoms with Gasteiger partial charge in [0.25, 0.3) is 11.5 Å². The summed E-state index contributed by atoms with van der Waals surface area (Å²) in [5, 5.41) is 3.06. The predicted octanol–water partition coefficient (Wildman–Crippen LogP) is 3.24. The Labute approximate surface area is 172 Å². The topological polar surface area (TPSA) is 100 Å². The lowest BCUT2D eigenvalue weighted by atomic mass is 10.1. The number of nitrogens with zero attached hydrogens (tertiary/aromatic N) is 3. The number of H-pyrrole nitrogens is 1. The number of benzene rings is 2. The molecule has 0 saturated carbocycles. The number of pyridine rings is 1. The Balaban J connectivity index is 1.51. The highest BCUT2D eigenvalue weighted by molar-refractivity contribution is 5.94. The van der Waals surface area contributed by atoms with Crippen LogP contribution in [0.25, 0.3) is 10.9 Å². The second-order valence-corrected chi connectivity index (χ2v) is 6.54. The molecule has 30 heavy (non-hydrogen) atoms. The number of ether oxygens (including phenoxy) is 1. The lowest BCUT2D eigenvalue weighted by Crippen LogP contribution is -2.17. The van der Waals surface area contributed by atoms with Gasteiger partial charge in [0.05, 0.1) is 17.1 Å². The summed E-state index contributed by atoms with van der Waals surface area (Å²) in [7, 11) is 3.53. The monoisotopic (exact) mass is 401 g/mol. The van der Waals surface area contributed by atoms with Gasteiger partial charge in [-0.05, 0) is 54.6 Å². The molecule has 2 aromatic heterocycles. The van der Waals surface area contributed by atoms with E-state index in [9.17, 15) is 9.59 Å². The van der Waals surface area contributed by atoms with Crippen LogP contribution in [0.3, 0.4) is 0 Å². The fourth-order valence-electron chi connectivity index (χ4n) is 3.00. The number of aromatic nitrogens is 3. The third-order valence-electron chi connectivity index (χ3n) is 4.67. The van der Waals surface area contributed by atoms with Crippen molar-refractivity contribution in [3.8, 4) is 11.8 Å².